The van der Waals surface area contributed by atoms with Gasteiger partial charge in [0.1, 0.15) is 0 Å². The van der Waals surface area contributed by atoms with E-state index < -0.39 is 10.0 Å². The predicted molar refractivity (Wildman–Crippen MR) is 146 cm³/mol. The molecule has 1 saturated heterocycles. The Labute approximate surface area is 217 Å². The van der Waals surface area contributed by atoms with Crippen LogP contribution in [0.25, 0.3) is 10.2 Å². The molecule has 8 nitrogen and oxygen atoms in total. The van der Waals surface area contributed by atoms with Crippen molar-refractivity contribution in [2.75, 3.05) is 50.5 Å². The lowest BCUT2D eigenvalue weighted by atomic mass is 9.96. The van der Waals surface area contributed by atoms with Crippen LogP contribution in [0.4, 0.5) is 10.8 Å². The lowest BCUT2D eigenvalue weighted by molar-refractivity contribution is 0.102. The van der Waals surface area contributed by atoms with E-state index in [0.717, 1.165) is 67.2 Å². The van der Waals surface area contributed by atoms with E-state index in [2.05, 4.69) is 22.2 Å². The Kier molecular flexibility index (Phi) is 7.30. The molecule has 0 spiro atoms. The van der Waals surface area contributed by atoms with Gasteiger partial charge in [0.25, 0.3) is 5.91 Å². The highest BCUT2D eigenvalue weighted by Gasteiger charge is 2.29. The number of nitrogens with zero attached hydrogens (tertiary/aromatic N) is 4. The number of carbonyl (C=O) groups is 1. The van der Waals surface area contributed by atoms with Crippen LogP contribution in [0.3, 0.4) is 0 Å². The van der Waals surface area contributed by atoms with Gasteiger partial charge in [-0.3, -0.25) is 4.79 Å². The molecule has 2 aliphatic rings. The first kappa shape index (κ1) is 25.1. The first-order valence-corrected chi connectivity index (χ1v) is 14.8. The number of aromatic nitrogens is 1. The van der Waals surface area contributed by atoms with Crippen LogP contribution in [0.1, 0.15) is 42.5 Å². The Balaban J connectivity index is 1.26. The molecule has 0 unspecified atom stereocenters. The summed E-state index contributed by atoms with van der Waals surface area (Å²) in [6.45, 7) is 3.96. The number of sulfonamides is 1. The van der Waals surface area contributed by atoms with Crippen LogP contribution in [-0.4, -0.2) is 74.8 Å². The number of hydrogen-bond acceptors (Lipinski definition) is 7. The number of benzene rings is 2. The highest BCUT2D eigenvalue weighted by molar-refractivity contribution is 7.89. The van der Waals surface area contributed by atoms with Crippen molar-refractivity contribution in [1.29, 1.82) is 0 Å². The number of nitrogens with one attached hydrogen (secondary N) is 1. The second-order valence-electron chi connectivity index (χ2n) is 9.76. The van der Waals surface area contributed by atoms with Crippen molar-refractivity contribution in [3.63, 3.8) is 0 Å². The van der Waals surface area contributed by atoms with Gasteiger partial charge in [0.15, 0.2) is 5.13 Å². The largest absolute Gasteiger partial charge is 0.345 e. The maximum atomic E-state index is 13.1. The number of fused-ring (bicyclic) bond motifs is 1. The van der Waals surface area contributed by atoms with Crippen molar-refractivity contribution in [1.82, 2.24) is 14.2 Å². The highest BCUT2D eigenvalue weighted by Crippen LogP contribution is 2.31. The minimum absolute atomic E-state index is 0.0464. The van der Waals surface area contributed by atoms with Crippen LogP contribution in [0.15, 0.2) is 47.4 Å². The summed E-state index contributed by atoms with van der Waals surface area (Å²) in [6, 6.07) is 12.0. The van der Waals surface area contributed by atoms with Crippen LogP contribution in [0.5, 0.6) is 0 Å². The first-order valence-electron chi connectivity index (χ1n) is 12.5. The lowest BCUT2D eigenvalue weighted by Gasteiger charge is -2.31. The van der Waals surface area contributed by atoms with Crippen molar-refractivity contribution in [2.45, 2.75) is 43.0 Å². The van der Waals surface area contributed by atoms with Crippen molar-refractivity contribution < 1.29 is 13.2 Å². The number of carbonyl (C=O) groups excluding carboxylic acids is 1. The molecule has 2 aromatic carbocycles. The monoisotopic (exact) mass is 527 g/mol. The number of amides is 1. The highest BCUT2D eigenvalue weighted by atomic mass is 32.2. The van der Waals surface area contributed by atoms with Crippen LogP contribution in [-0.2, 0) is 10.0 Å². The molecule has 1 aliphatic heterocycles. The van der Waals surface area contributed by atoms with Gasteiger partial charge < -0.3 is 15.1 Å². The number of anilines is 2. The summed E-state index contributed by atoms with van der Waals surface area (Å²) >= 11 is 1.63. The average molecular weight is 528 g/mol. The van der Waals surface area contributed by atoms with E-state index in [0.29, 0.717) is 11.3 Å². The lowest BCUT2D eigenvalue weighted by Crippen LogP contribution is -2.44. The van der Waals surface area contributed by atoms with Crippen LogP contribution >= 0.6 is 11.3 Å². The van der Waals surface area contributed by atoms with Gasteiger partial charge in [-0.1, -0.05) is 30.6 Å². The molecule has 1 amide bonds. The molecule has 192 valence electrons. The predicted octanol–water partition coefficient (Wildman–Crippen LogP) is 4.25. The molecule has 36 heavy (non-hydrogen) atoms. The summed E-state index contributed by atoms with van der Waals surface area (Å²) in [4.78, 5) is 22.5. The Morgan fingerprint density at radius 1 is 1.03 bits per heavy atom. The molecule has 1 saturated carbocycles. The van der Waals surface area contributed by atoms with E-state index in [1.165, 1.54) is 22.9 Å². The summed E-state index contributed by atoms with van der Waals surface area (Å²) < 4.78 is 28.7. The number of thiazole rings is 1. The third-order valence-electron chi connectivity index (χ3n) is 7.29. The molecule has 0 atom stereocenters. The summed E-state index contributed by atoms with van der Waals surface area (Å²) in [5.74, 6) is -0.275. The third-order valence-corrected chi connectivity index (χ3v) is 10.3. The molecule has 1 N–H and O–H groups in total. The van der Waals surface area contributed by atoms with E-state index >= 15 is 0 Å². The van der Waals surface area contributed by atoms with Gasteiger partial charge in [-0.15, -0.1) is 0 Å². The van der Waals surface area contributed by atoms with Gasteiger partial charge in [-0.2, -0.15) is 4.31 Å². The molecular formula is C26H33N5O3S2. The fourth-order valence-corrected chi connectivity index (χ4v) is 7.38. The van der Waals surface area contributed by atoms with Gasteiger partial charge in [0.05, 0.1) is 15.1 Å². The first-order chi connectivity index (χ1) is 17.3. The Bertz CT molecular complexity index is 1330. The van der Waals surface area contributed by atoms with Crippen molar-refractivity contribution >= 4 is 48.3 Å². The minimum atomic E-state index is -3.59. The molecule has 10 heteroatoms. The number of likely N-dealkylation sites (N-methyl/N-ethyl adjacent to an activating group) is 1. The van der Waals surface area contributed by atoms with Gasteiger partial charge in [0.2, 0.25) is 10.0 Å². The van der Waals surface area contributed by atoms with E-state index in [1.54, 1.807) is 30.5 Å². The molecule has 5 rings (SSSR count). The second-order valence-corrected chi connectivity index (χ2v) is 12.8. The second kappa shape index (κ2) is 10.5. The smallest absolute Gasteiger partial charge is 0.255 e. The van der Waals surface area contributed by atoms with Crippen LogP contribution in [0, 0.1) is 0 Å². The zero-order chi connectivity index (χ0) is 25.3. The van der Waals surface area contributed by atoms with Crippen molar-refractivity contribution in [3.8, 4) is 0 Å². The molecule has 2 heterocycles. The Hall–Kier alpha value is -2.53. The van der Waals surface area contributed by atoms with E-state index in [9.17, 15) is 13.2 Å². The molecular weight excluding hydrogens is 494 g/mol. The Morgan fingerprint density at radius 3 is 2.42 bits per heavy atom. The summed E-state index contributed by atoms with van der Waals surface area (Å²) in [6.07, 6.45) is 5.10. The fourth-order valence-electron chi connectivity index (χ4n) is 4.91. The van der Waals surface area contributed by atoms with Gasteiger partial charge in [0, 0.05) is 50.5 Å². The molecule has 0 bridgehead atoms. The summed E-state index contributed by atoms with van der Waals surface area (Å²) in [5, 5.41) is 3.95. The topological polar surface area (TPSA) is 85.8 Å². The Morgan fingerprint density at radius 2 is 1.72 bits per heavy atom. The number of hydrogen-bond donors (Lipinski definition) is 1. The van der Waals surface area contributed by atoms with Gasteiger partial charge >= 0.3 is 0 Å². The van der Waals surface area contributed by atoms with Crippen LogP contribution in [0.2, 0.25) is 0 Å². The van der Waals surface area contributed by atoms with E-state index in [-0.39, 0.29) is 16.8 Å². The van der Waals surface area contributed by atoms with Crippen LogP contribution < -0.4 is 10.2 Å². The fraction of sp³-hybridized carbons (Fsp3) is 0.462. The van der Waals surface area contributed by atoms with Crippen molar-refractivity contribution in [2.24, 2.45) is 0 Å². The van der Waals surface area contributed by atoms with E-state index in [1.807, 2.05) is 18.2 Å². The standard InChI is InChI=1S/C26H33N5O3S2/c1-29-14-16-31(17-15-29)26-28-23-13-10-20(18-24(23)35-26)27-25(32)19-8-11-22(12-9-19)36(33,34)30(2)21-6-4-3-5-7-21/h8-13,18,21H,3-7,14-17H2,1-2H3,(H,27,32). The average Bonchev–Trinajstić information content (AvgIpc) is 3.32. The van der Waals surface area contributed by atoms with Gasteiger partial charge in [-0.25, -0.2) is 13.4 Å². The summed E-state index contributed by atoms with van der Waals surface area (Å²) in [5.41, 5.74) is 2.02. The SMILES string of the molecule is CN1CCN(c2nc3ccc(NC(=O)c4ccc(S(=O)(=O)N(C)C5CCCCC5)cc4)cc3s2)CC1. The number of piperazine rings is 1. The molecule has 0 radical (unpaired) electrons. The molecule has 1 aliphatic carbocycles. The molecule has 1 aromatic heterocycles. The third kappa shape index (κ3) is 5.27. The summed E-state index contributed by atoms with van der Waals surface area (Å²) in [7, 11) is 0.210. The quantitative estimate of drug-likeness (QED) is 0.516. The van der Waals surface area contributed by atoms with Crippen molar-refractivity contribution in [3.05, 3.63) is 48.0 Å². The zero-order valence-electron chi connectivity index (χ0n) is 20.8. The molecule has 2 fully saturated rings. The van der Waals surface area contributed by atoms with E-state index in [4.69, 9.17) is 4.98 Å². The minimum Gasteiger partial charge on any atom is -0.345 e. The zero-order valence-corrected chi connectivity index (χ0v) is 22.4. The molecule has 3 aromatic rings. The normalized spacial score (nSPS) is 18.1. The maximum absolute atomic E-state index is 13.1. The van der Waals surface area contributed by atoms with Gasteiger partial charge in [-0.05, 0) is 62.4 Å². The number of rotatable bonds is 6. The maximum Gasteiger partial charge on any atom is 0.255 e.